The quantitative estimate of drug-likeness (QED) is 0.541. The maximum atomic E-state index is 10.6. The molecule has 11 heavy (non-hydrogen) atoms. The van der Waals surface area contributed by atoms with Gasteiger partial charge in [0.05, 0.1) is 0 Å². The normalized spacial score (nSPS) is 18.9. The third kappa shape index (κ3) is 1.22. The van der Waals surface area contributed by atoms with E-state index in [1.54, 1.807) is 0 Å². The van der Waals surface area contributed by atoms with Gasteiger partial charge in [-0.3, -0.25) is 0 Å². The lowest BCUT2D eigenvalue weighted by molar-refractivity contribution is 0.178. The van der Waals surface area contributed by atoms with Crippen molar-refractivity contribution >= 4 is 41.6 Å². The first kappa shape index (κ1) is 8.09. The highest BCUT2D eigenvalue weighted by Gasteiger charge is 2.38. The number of amides is 6. The largest absolute Gasteiger partial charge is 0.371 e. The summed E-state index contributed by atoms with van der Waals surface area (Å²) >= 11 is 10.1. The fraction of sp³-hybridized carbons (Fsp3) is 0. The first-order chi connectivity index (χ1) is 5.04. The Morgan fingerprint density at radius 3 is 1.73 bits per heavy atom. The van der Waals surface area contributed by atoms with Gasteiger partial charge in [-0.2, -0.15) is 0 Å². The SMILES string of the molecule is O=C1[N]C(=O)N(Cl)C(=O)N1Cl. The second-order valence-electron chi connectivity index (χ2n) is 1.52. The van der Waals surface area contributed by atoms with Gasteiger partial charge in [0, 0.05) is 23.6 Å². The van der Waals surface area contributed by atoms with Crippen molar-refractivity contribution < 1.29 is 14.4 Å². The third-order valence-corrected chi connectivity index (χ3v) is 1.44. The molecule has 0 bridgehead atoms. The molecule has 59 valence electrons. The zero-order valence-electron chi connectivity index (χ0n) is 4.82. The molecule has 0 aliphatic carbocycles. The minimum Gasteiger partial charge on any atom is -0.244 e. The van der Waals surface area contributed by atoms with E-state index in [4.69, 9.17) is 23.6 Å². The molecular formula is C3Cl2N3O3. The van der Waals surface area contributed by atoms with E-state index >= 15 is 0 Å². The van der Waals surface area contributed by atoms with Gasteiger partial charge < -0.3 is 0 Å². The smallest absolute Gasteiger partial charge is 0.244 e. The molecule has 0 aromatic heterocycles. The number of rotatable bonds is 0. The maximum absolute atomic E-state index is 10.6. The van der Waals surface area contributed by atoms with E-state index in [0.29, 0.717) is 0 Å². The molecule has 1 rings (SSSR count). The first-order valence-corrected chi connectivity index (χ1v) is 2.97. The van der Waals surface area contributed by atoms with Gasteiger partial charge in [0.25, 0.3) is 0 Å². The zero-order valence-corrected chi connectivity index (χ0v) is 6.33. The van der Waals surface area contributed by atoms with Crippen molar-refractivity contribution in [2.75, 3.05) is 0 Å². The molecule has 0 N–H and O–H groups in total. The maximum Gasteiger partial charge on any atom is 0.371 e. The van der Waals surface area contributed by atoms with Gasteiger partial charge >= 0.3 is 18.1 Å². The molecule has 1 aliphatic rings. The van der Waals surface area contributed by atoms with Crippen LogP contribution >= 0.6 is 23.6 Å². The molecule has 1 saturated heterocycles. The molecule has 6 nitrogen and oxygen atoms in total. The Morgan fingerprint density at radius 2 is 1.36 bits per heavy atom. The van der Waals surface area contributed by atoms with Gasteiger partial charge in [-0.15, -0.1) is 14.2 Å². The van der Waals surface area contributed by atoms with Crippen molar-refractivity contribution in [2.45, 2.75) is 0 Å². The van der Waals surface area contributed by atoms with Crippen molar-refractivity contribution in [1.82, 2.24) is 14.2 Å². The molecule has 0 aromatic carbocycles. The average molecular weight is 197 g/mol. The van der Waals surface area contributed by atoms with Gasteiger partial charge in [-0.1, -0.05) is 0 Å². The molecule has 1 aliphatic heterocycles. The Bertz CT molecular complexity index is 220. The summed E-state index contributed by atoms with van der Waals surface area (Å²) in [6, 6.07) is -3.41. The predicted octanol–water partition coefficient (Wildman–Crippen LogP) is 0.876. The lowest BCUT2D eigenvalue weighted by Crippen LogP contribution is -2.51. The molecular weight excluding hydrogens is 197 g/mol. The number of hydrogen-bond donors (Lipinski definition) is 0. The Labute approximate surface area is 70.8 Å². The molecule has 1 heterocycles. The Hall–Kier alpha value is -1.01. The van der Waals surface area contributed by atoms with Crippen LogP contribution in [0.5, 0.6) is 0 Å². The second-order valence-corrected chi connectivity index (χ2v) is 2.20. The van der Waals surface area contributed by atoms with Gasteiger partial charge in [0.1, 0.15) is 0 Å². The van der Waals surface area contributed by atoms with Crippen molar-refractivity contribution in [1.29, 1.82) is 0 Å². The van der Waals surface area contributed by atoms with E-state index in [0.717, 1.165) is 0 Å². The van der Waals surface area contributed by atoms with Crippen LogP contribution in [0.4, 0.5) is 14.4 Å². The highest BCUT2D eigenvalue weighted by atomic mass is 35.5. The molecule has 0 saturated carbocycles. The van der Waals surface area contributed by atoms with Crippen LogP contribution in [-0.4, -0.2) is 26.9 Å². The van der Waals surface area contributed by atoms with E-state index in [9.17, 15) is 14.4 Å². The first-order valence-electron chi connectivity index (χ1n) is 2.29. The van der Waals surface area contributed by atoms with Crippen LogP contribution in [0.2, 0.25) is 0 Å². The standard InChI is InChI=1S/C3Cl2N3O3/c4-7-1(9)6-2(10)8(5)3(7)11. The Kier molecular flexibility index (Phi) is 1.88. The monoisotopic (exact) mass is 196 g/mol. The number of carbonyl (C=O) groups excluding carboxylic acids is 3. The molecule has 1 radical (unpaired) electrons. The van der Waals surface area contributed by atoms with Gasteiger partial charge in [0.2, 0.25) is 0 Å². The number of imide groups is 3. The molecule has 8 heteroatoms. The predicted molar refractivity (Wildman–Crippen MR) is 33.7 cm³/mol. The van der Waals surface area contributed by atoms with Crippen LogP contribution in [0.1, 0.15) is 0 Å². The van der Waals surface area contributed by atoms with Crippen LogP contribution in [0.25, 0.3) is 0 Å². The Morgan fingerprint density at radius 1 is 1.00 bits per heavy atom. The average Bonchev–Trinajstić information content (AvgIpc) is 1.97. The minimum absolute atomic E-state index is 0.106. The van der Waals surface area contributed by atoms with Gasteiger partial charge in [-0.05, 0) is 0 Å². The van der Waals surface area contributed by atoms with E-state index in [2.05, 4.69) is 5.32 Å². The number of nitrogens with zero attached hydrogens (tertiary/aromatic N) is 3. The van der Waals surface area contributed by atoms with Crippen LogP contribution in [0, 0.1) is 0 Å². The van der Waals surface area contributed by atoms with Crippen LogP contribution in [-0.2, 0) is 0 Å². The van der Waals surface area contributed by atoms with Crippen molar-refractivity contribution in [3.8, 4) is 0 Å². The summed E-state index contributed by atoms with van der Waals surface area (Å²) in [7, 11) is 0. The van der Waals surface area contributed by atoms with Gasteiger partial charge in [-0.25, -0.2) is 14.4 Å². The molecule has 0 spiro atoms. The Balaban J connectivity index is 2.87. The number of halogens is 2. The topological polar surface area (TPSA) is 71.8 Å². The highest BCUT2D eigenvalue weighted by Crippen LogP contribution is 2.12. The second kappa shape index (κ2) is 2.55. The van der Waals surface area contributed by atoms with Crippen LogP contribution in [0.15, 0.2) is 0 Å². The summed E-state index contributed by atoms with van der Waals surface area (Å²) < 4.78 is 0.211. The lowest BCUT2D eigenvalue weighted by Gasteiger charge is -2.20. The summed E-state index contributed by atoms with van der Waals surface area (Å²) in [4.78, 5) is 31.6. The van der Waals surface area contributed by atoms with E-state index < -0.39 is 18.1 Å². The zero-order chi connectivity index (χ0) is 8.59. The fourth-order valence-electron chi connectivity index (χ4n) is 0.410. The van der Waals surface area contributed by atoms with Crippen LogP contribution < -0.4 is 5.32 Å². The number of urea groups is 3. The fourth-order valence-corrected chi connectivity index (χ4v) is 0.676. The number of hydrogen-bond acceptors (Lipinski definition) is 3. The molecule has 0 unspecified atom stereocenters. The van der Waals surface area contributed by atoms with Crippen molar-refractivity contribution in [3.63, 3.8) is 0 Å². The van der Waals surface area contributed by atoms with E-state index in [1.807, 2.05) is 0 Å². The van der Waals surface area contributed by atoms with Crippen LogP contribution in [0.3, 0.4) is 0 Å². The number of carbonyl (C=O) groups is 3. The van der Waals surface area contributed by atoms with Crippen molar-refractivity contribution in [3.05, 3.63) is 0 Å². The van der Waals surface area contributed by atoms with E-state index in [1.165, 1.54) is 0 Å². The van der Waals surface area contributed by atoms with E-state index in [-0.39, 0.29) is 8.84 Å². The van der Waals surface area contributed by atoms with Gasteiger partial charge in [0.15, 0.2) is 0 Å². The summed E-state index contributed by atoms with van der Waals surface area (Å²) in [6.07, 6.45) is 0. The minimum atomic E-state index is -1.14. The third-order valence-electron chi connectivity index (χ3n) is 0.863. The molecule has 6 amide bonds. The summed E-state index contributed by atoms with van der Waals surface area (Å²) in [6.45, 7) is 0. The summed E-state index contributed by atoms with van der Waals surface area (Å²) in [5, 5.41) is 2.78. The molecule has 0 aromatic rings. The molecule has 1 fully saturated rings. The summed E-state index contributed by atoms with van der Waals surface area (Å²) in [5.41, 5.74) is 0. The molecule has 0 atom stereocenters. The lowest BCUT2D eigenvalue weighted by atomic mass is 10.7. The van der Waals surface area contributed by atoms with Crippen molar-refractivity contribution in [2.24, 2.45) is 0 Å². The summed E-state index contributed by atoms with van der Waals surface area (Å²) in [5.74, 6) is 0. The highest BCUT2D eigenvalue weighted by molar-refractivity contribution is 6.40.